The second kappa shape index (κ2) is 3.98. The fraction of sp³-hybridized carbons (Fsp3) is 0.556. The second-order valence-corrected chi connectivity index (χ2v) is 4.59. The molecule has 0 radical (unpaired) electrons. The molecule has 0 unspecified atom stereocenters. The molecule has 1 rings (SSSR count). The van der Waals surface area contributed by atoms with E-state index in [0.29, 0.717) is 13.0 Å². The van der Waals surface area contributed by atoms with E-state index in [1.54, 1.807) is 6.20 Å². The second-order valence-electron chi connectivity index (χ2n) is 3.61. The fourth-order valence-electron chi connectivity index (χ4n) is 0.831. The molecule has 0 saturated heterocycles. The number of carbonyl (C=O) groups is 1. The van der Waals surface area contributed by atoms with E-state index in [2.05, 4.69) is 4.98 Å². The molecule has 0 amide bonds. The number of Topliss-reactive ketones (excluding diaryl/α,β-unsaturated/α-hetero) is 1. The smallest absolute Gasteiger partial charge is 0.146 e. The standard InChI is InChI=1S/C9H14N2OS/c1-9(2,6-10)7(12)5-8-11-3-4-13-8/h3-4H,5-6,10H2,1-2H3. The van der Waals surface area contributed by atoms with Gasteiger partial charge >= 0.3 is 0 Å². The molecular weight excluding hydrogens is 184 g/mol. The lowest BCUT2D eigenvalue weighted by molar-refractivity contribution is -0.125. The van der Waals surface area contributed by atoms with E-state index in [1.165, 1.54) is 11.3 Å². The molecule has 0 aliphatic heterocycles. The molecule has 1 aromatic heterocycles. The first-order valence-electron chi connectivity index (χ1n) is 4.18. The molecule has 0 atom stereocenters. The predicted molar refractivity (Wildman–Crippen MR) is 53.7 cm³/mol. The van der Waals surface area contributed by atoms with Crippen molar-refractivity contribution in [2.75, 3.05) is 6.54 Å². The zero-order valence-corrected chi connectivity index (χ0v) is 8.73. The van der Waals surface area contributed by atoms with E-state index < -0.39 is 5.41 Å². The summed E-state index contributed by atoms with van der Waals surface area (Å²) in [6.45, 7) is 4.11. The largest absolute Gasteiger partial charge is 0.329 e. The Morgan fingerprint density at radius 2 is 2.38 bits per heavy atom. The van der Waals surface area contributed by atoms with Gasteiger partial charge in [0, 0.05) is 23.5 Å². The van der Waals surface area contributed by atoms with Crippen LogP contribution in [0.5, 0.6) is 0 Å². The van der Waals surface area contributed by atoms with Crippen LogP contribution in [-0.4, -0.2) is 17.3 Å². The molecule has 1 aromatic rings. The number of nitrogens with two attached hydrogens (primary N) is 1. The van der Waals surface area contributed by atoms with Gasteiger partial charge in [-0.05, 0) is 0 Å². The van der Waals surface area contributed by atoms with Crippen molar-refractivity contribution in [2.45, 2.75) is 20.3 Å². The highest BCUT2D eigenvalue weighted by Gasteiger charge is 2.25. The maximum Gasteiger partial charge on any atom is 0.146 e. The predicted octanol–water partition coefficient (Wildman–Crippen LogP) is 1.24. The summed E-state index contributed by atoms with van der Waals surface area (Å²) >= 11 is 1.51. The lowest BCUT2D eigenvalue weighted by Gasteiger charge is -2.19. The Kier molecular flexibility index (Phi) is 3.17. The lowest BCUT2D eigenvalue weighted by atomic mass is 9.87. The fourth-order valence-corrected chi connectivity index (χ4v) is 1.45. The molecule has 72 valence electrons. The minimum absolute atomic E-state index is 0.157. The van der Waals surface area contributed by atoms with E-state index in [-0.39, 0.29) is 5.78 Å². The van der Waals surface area contributed by atoms with Crippen LogP contribution < -0.4 is 5.73 Å². The van der Waals surface area contributed by atoms with Crippen LogP contribution in [0.1, 0.15) is 18.9 Å². The van der Waals surface area contributed by atoms with E-state index in [9.17, 15) is 4.79 Å². The summed E-state index contributed by atoms with van der Waals surface area (Å²) < 4.78 is 0. The van der Waals surface area contributed by atoms with Crippen LogP contribution >= 0.6 is 11.3 Å². The average Bonchev–Trinajstić information content (AvgIpc) is 2.57. The summed E-state index contributed by atoms with van der Waals surface area (Å²) in [4.78, 5) is 15.7. The van der Waals surface area contributed by atoms with Gasteiger partial charge in [-0.2, -0.15) is 0 Å². The lowest BCUT2D eigenvalue weighted by Crippen LogP contribution is -2.33. The molecule has 0 spiro atoms. The van der Waals surface area contributed by atoms with Gasteiger partial charge in [0.25, 0.3) is 0 Å². The minimum atomic E-state index is -0.425. The third kappa shape index (κ3) is 2.60. The summed E-state index contributed by atoms with van der Waals surface area (Å²) in [5.74, 6) is 0.157. The van der Waals surface area contributed by atoms with Crippen molar-refractivity contribution in [3.8, 4) is 0 Å². The molecule has 0 saturated carbocycles. The van der Waals surface area contributed by atoms with E-state index >= 15 is 0 Å². The summed E-state index contributed by atoms with van der Waals surface area (Å²) in [6.07, 6.45) is 2.12. The van der Waals surface area contributed by atoms with Crippen molar-refractivity contribution < 1.29 is 4.79 Å². The quantitative estimate of drug-likeness (QED) is 0.792. The maximum absolute atomic E-state index is 11.6. The molecule has 1 heterocycles. The van der Waals surface area contributed by atoms with E-state index in [0.717, 1.165) is 5.01 Å². The number of nitrogens with zero attached hydrogens (tertiary/aromatic N) is 1. The van der Waals surface area contributed by atoms with Crippen LogP contribution in [0.25, 0.3) is 0 Å². The first-order chi connectivity index (χ1) is 6.06. The number of hydrogen-bond donors (Lipinski definition) is 1. The van der Waals surface area contributed by atoms with Crippen LogP contribution in [0.4, 0.5) is 0 Å². The van der Waals surface area contributed by atoms with Crippen molar-refractivity contribution in [1.29, 1.82) is 0 Å². The molecule has 4 heteroatoms. The van der Waals surface area contributed by atoms with Crippen molar-refractivity contribution in [3.05, 3.63) is 16.6 Å². The minimum Gasteiger partial charge on any atom is -0.329 e. The highest BCUT2D eigenvalue weighted by atomic mass is 32.1. The highest BCUT2D eigenvalue weighted by Crippen LogP contribution is 2.18. The van der Waals surface area contributed by atoms with Crippen LogP contribution in [0.2, 0.25) is 0 Å². The first kappa shape index (κ1) is 10.3. The van der Waals surface area contributed by atoms with Crippen molar-refractivity contribution >= 4 is 17.1 Å². The topological polar surface area (TPSA) is 56.0 Å². The maximum atomic E-state index is 11.6. The van der Waals surface area contributed by atoms with Gasteiger partial charge in [-0.1, -0.05) is 13.8 Å². The zero-order valence-electron chi connectivity index (χ0n) is 7.91. The van der Waals surface area contributed by atoms with Gasteiger partial charge in [0.15, 0.2) is 0 Å². The van der Waals surface area contributed by atoms with Gasteiger partial charge in [0.05, 0.1) is 11.4 Å². The Bertz CT molecular complexity index is 280. The van der Waals surface area contributed by atoms with Crippen LogP contribution in [0.3, 0.4) is 0 Å². The van der Waals surface area contributed by atoms with Crippen LogP contribution in [0, 0.1) is 5.41 Å². The van der Waals surface area contributed by atoms with Gasteiger partial charge in [0.1, 0.15) is 5.78 Å². The van der Waals surface area contributed by atoms with Crippen molar-refractivity contribution in [3.63, 3.8) is 0 Å². The molecule has 0 fully saturated rings. The Hall–Kier alpha value is -0.740. The SMILES string of the molecule is CC(C)(CN)C(=O)Cc1nccs1. The van der Waals surface area contributed by atoms with Crippen molar-refractivity contribution in [1.82, 2.24) is 4.98 Å². The van der Waals surface area contributed by atoms with Crippen LogP contribution in [-0.2, 0) is 11.2 Å². The van der Waals surface area contributed by atoms with Crippen molar-refractivity contribution in [2.24, 2.45) is 11.1 Å². The van der Waals surface area contributed by atoms with Gasteiger partial charge in [-0.15, -0.1) is 11.3 Å². The molecule has 0 aromatic carbocycles. The molecule has 13 heavy (non-hydrogen) atoms. The average molecular weight is 198 g/mol. The third-order valence-electron chi connectivity index (χ3n) is 2.06. The van der Waals surface area contributed by atoms with Gasteiger partial charge < -0.3 is 5.73 Å². The monoisotopic (exact) mass is 198 g/mol. The number of hydrogen-bond acceptors (Lipinski definition) is 4. The Morgan fingerprint density at radius 3 is 2.85 bits per heavy atom. The molecule has 3 nitrogen and oxygen atoms in total. The number of ketones is 1. The summed E-state index contributed by atoms with van der Waals surface area (Å²) in [7, 11) is 0. The zero-order chi connectivity index (χ0) is 9.90. The molecular formula is C9H14N2OS. The van der Waals surface area contributed by atoms with E-state index in [1.807, 2.05) is 19.2 Å². The Labute approximate surface area is 82.0 Å². The summed E-state index contributed by atoms with van der Waals surface area (Å²) in [6, 6.07) is 0. The Balaban J connectivity index is 2.61. The molecule has 0 aliphatic carbocycles. The number of rotatable bonds is 4. The van der Waals surface area contributed by atoms with Gasteiger partial charge in [-0.25, -0.2) is 4.98 Å². The van der Waals surface area contributed by atoms with E-state index in [4.69, 9.17) is 5.73 Å². The summed E-state index contributed by atoms with van der Waals surface area (Å²) in [5.41, 5.74) is 5.07. The third-order valence-corrected chi connectivity index (χ3v) is 2.84. The molecule has 0 bridgehead atoms. The van der Waals surface area contributed by atoms with Gasteiger partial charge in [0.2, 0.25) is 0 Å². The summed E-state index contributed by atoms with van der Waals surface area (Å²) in [5, 5.41) is 2.74. The Morgan fingerprint density at radius 1 is 1.69 bits per heavy atom. The molecule has 0 aliphatic rings. The first-order valence-corrected chi connectivity index (χ1v) is 5.06. The number of aromatic nitrogens is 1. The normalized spacial score (nSPS) is 11.6. The number of thiazole rings is 1. The number of carbonyl (C=O) groups excluding carboxylic acids is 1. The van der Waals surface area contributed by atoms with Crippen LogP contribution in [0.15, 0.2) is 11.6 Å². The molecule has 2 N–H and O–H groups in total. The highest BCUT2D eigenvalue weighted by molar-refractivity contribution is 7.09. The van der Waals surface area contributed by atoms with Gasteiger partial charge in [-0.3, -0.25) is 4.79 Å².